The monoisotopic (exact) mass is 304 g/mol. The standard InChI is InChI=1S/C17H24N2OS/c1-12(13-7-6-8-15(9-13)20-5)18-10-14-11-21-16(19-14)17(2,3)4/h6-9,11-12,18H,10H2,1-5H3/t12-/m1/s1. The summed E-state index contributed by atoms with van der Waals surface area (Å²) in [6, 6.07) is 8.43. The highest BCUT2D eigenvalue weighted by molar-refractivity contribution is 7.09. The van der Waals surface area contributed by atoms with Gasteiger partial charge < -0.3 is 10.1 Å². The second-order valence-corrected chi connectivity index (χ2v) is 7.13. The second-order valence-electron chi connectivity index (χ2n) is 6.27. The molecule has 0 bridgehead atoms. The minimum Gasteiger partial charge on any atom is -0.497 e. The van der Waals surface area contributed by atoms with Gasteiger partial charge in [0, 0.05) is 23.4 Å². The fourth-order valence-electron chi connectivity index (χ4n) is 2.02. The van der Waals surface area contributed by atoms with Crippen LogP contribution in [0.2, 0.25) is 0 Å². The van der Waals surface area contributed by atoms with Gasteiger partial charge in [0.1, 0.15) is 5.75 Å². The molecule has 0 aliphatic heterocycles. The molecule has 1 aromatic carbocycles. The zero-order valence-corrected chi connectivity index (χ0v) is 14.3. The van der Waals surface area contributed by atoms with Crippen molar-refractivity contribution in [2.24, 2.45) is 0 Å². The van der Waals surface area contributed by atoms with Gasteiger partial charge in [-0.2, -0.15) is 0 Å². The lowest BCUT2D eigenvalue weighted by Crippen LogP contribution is -2.18. The van der Waals surface area contributed by atoms with Gasteiger partial charge in [-0.05, 0) is 24.6 Å². The number of hydrogen-bond acceptors (Lipinski definition) is 4. The second kappa shape index (κ2) is 6.58. The Kier molecular flexibility index (Phi) is 5.01. The van der Waals surface area contributed by atoms with Crippen LogP contribution in [0.1, 0.15) is 50.0 Å². The van der Waals surface area contributed by atoms with E-state index < -0.39 is 0 Å². The van der Waals surface area contributed by atoms with Gasteiger partial charge in [0.05, 0.1) is 17.8 Å². The molecule has 0 saturated carbocycles. The highest BCUT2D eigenvalue weighted by Gasteiger charge is 2.18. The molecule has 0 spiro atoms. The quantitative estimate of drug-likeness (QED) is 0.894. The van der Waals surface area contributed by atoms with E-state index in [9.17, 15) is 0 Å². The Balaban J connectivity index is 1.97. The van der Waals surface area contributed by atoms with Crippen LogP contribution in [-0.4, -0.2) is 12.1 Å². The van der Waals surface area contributed by atoms with E-state index in [4.69, 9.17) is 9.72 Å². The number of methoxy groups -OCH3 is 1. The van der Waals surface area contributed by atoms with Crippen molar-refractivity contribution >= 4 is 11.3 Å². The first-order valence-corrected chi connectivity index (χ1v) is 8.10. The molecule has 0 aliphatic rings. The van der Waals surface area contributed by atoms with Gasteiger partial charge in [0.2, 0.25) is 0 Å². The molecule has 4 heteroatoms. The molecule has 3 nitrogen and oxygen atoms in total. The van der Waals surface area contributed by atoms with Crippen molar-refractivity contribution in [1.29, 1.82) is 0 Å². The molecule has 0 saturated heterocycles. The number of rotatable bonds is 5. The molecule has 0 fully saturated rings. The van der Waals surface area contributed by atoms with Crippen molar-refractivity contribution in [2.45, 2.75) is 45.7 Å². The van der Waals surface area contributed by atoms with Crippen LogP contribution in [0.25, 0.3) is 0 Å². The van der Waals surface area contributed by atoms with E-state index in [1.165, 1.54) is 10.6 Å². The molecule has 2 aromatic rings. The Morgan fingerprint density at radius 2 is 2.10 bits per heavy atom. The van der Waals surface area contributed by atoms with Crippen molar-refractivity contribution < 1.29 is 4.74 Å². The number of ether oxygens (including phenoxy) is 1. The summed E-state index contributed by atoms with van der Waals surface area (Å²) in [6.07, 6.45) is 0. The lowest BCUT2D eigenvalue weighted by atomic mass is 9.98. The van der Waals surface area contributed by atoms with E-state index in [1.807, 2.05) is 12.1 Å². The number of nitrogens with one attached hydrogen (secondary N) is 1. The number of nitrogens with zero attached hydrogens (tertiary/aromatic N) is 1. The van der Waals surface area contributed by atoms with Crippen LogP contribution in [0, 0.1) is 0 Å². The topological polar surface area (TPSA) is 34.1 Å². The summed E-state index contributed by atoms with van der Waals surface area (Å²) in [7, 11) is 1.69. The molecule has 0 amide bonds. The maximum absolute atomic E-state index is 5.27. The molecule has 0 radical (unpaired) electrons. The van der Waals surface area contributed by atoms with E-state index in [1.54, 1.807) is 18.4 Å². The smallest absolute Gasteiger partial charge is 0.119 e. The van der Waals surface area contributed by atoms with E-state index >= 15 is 0 Å². The predicted molar refractivity (Wildman–Crippen MR) is 89.1 cm³/mol. The van der Waals surface area contributed by atoms with Gasteiger partial charge in [-0.1, -0.05) is 32.9 Å². The van der Waals surface area contributed by atoms with Crippen molar-refractivity contribution in [3.63, 3.8) is 0 Å². The van der Waals surface area contributed by atoms with Gasteiger partial charge in [-0.25, -0.2) is 4.98 Å². The number of aromatic nitrogens is 1. The molecule has 2 rings (SSSR count). The normalized spacial score (nSPS) is 13.2. The fraction of sp³-hybridized carbons (Fsp3) is 0.471. The van der Waals surface area contributed by atoms with Crippen molar-refractivity contribution in [3.05, 3.63) is 45.9 Å². The Labute approximate surface area is 131 Å². The first-order valence-electron chi connectivity index (χ1n) is 7.22. The Morgan fingerprint density at radius 3 is 2.71 bits per heavy atom. The average molecular weight is 304 g/mol. The highest BCUT2D eigenvalue weighted by Crippen LogP contribution is 2.26. The molecule has 114 valence electrons. The van der Waals surface area contributed by atoms with Gasteiger partial charge >= 0.3 is 0 Å². The minimum atomic E-state index is 0.126. The van der Waals surface area contributed by atoms with Crippen LogP contribution in [0.4, 0.5) is 0 Å². The first-order chi connectivity index (χ1) is 9.90. The predicted octanol–water partition coefficient (Wildman–Crippen LogP) is 4.30. The summed E-state index contributed by atoms with van der Waals surface area (Å²) in [5.41, 5.74) is 2.46. The molecule has 0 aliphatic carbocycles. The van der Waals surface area contributed by atoms with Gasteiger partial charge in [-0.3, -0.25) is 0 Å². The summed E-state index contributed by atoms with van der Waals surface area (Å²) >= 11 is 1.74. The Morgan fingerprint density at radius 1 is 1.33 bits per heavy atom. The summed E-state index contributed by atoms with van der Waals surface area (Å²) in [6.45, 7) is 9.53. The SMILES string of the molecule is COc1cccc([C@@H](C)NCc2csc(C(C)(C)C)n2)c1. The van der Waals surface area contributed by atoms with E-state index in [2.05, 4.69) is 50.5 Å². The van der Waals surface area contributed by atoms with Crippen LogP contribution in [0.5, 0.6) is 5.75 Å². The first kappa shape index (κ1) is 16.0. The number of thiazole rings is 1. The average Bonchev–Trinajstić information content (AvgIpc) is 2.94. The minimum absolute atomic E-state index is 0.126. The molecule has 21 heavy (non-hydrogen) atoms. The summed E-state index contributed by atoms with van der Waals surface area (Å²) in [5.74, 6) is 0.893. The molecular weight excluding hydrogens is 280 g/mol. The lowest BCUT2D eigenvalue weighted by molar-refractivity contribution is 0.413. The lowest BCUT2D eigenvalue weighted by Gasteiger charge is -2.15. The zero-order valence-electron chi connectivity index (χ0n) is 13.4. The summed E-state index contributed by atoms with van der Waals surface area (Å²) in [4.78, 5) is 4.71. The van der Waals surface area contributed by atoms with Crippen molar-refractivity contribution in [1.82, 2.24) is 10.3 Å². The van der Waals surface area contributed by atoms with Crippen LogP contribution >= 0.6 is 11.3 Å². The Bertz CT molecular complexity index is 586. The molecule has 1 N–H and O–H groups in total. The molecule has 1 heterocycles. The van der Waals surface area contributed by atoms with Crippen molar-refractivity contribution in [2.75, 3.05) is 7.11 Å². The molecular formula is C17H24N2OS. The van der Waals surface area contributed by atoms with Crippen molar-refractivity contribution in [3.8, 4) is 5.75 Å². The number of benzene rings is 1. The van der Waals surface area contributed by atoms with E-state index in [-0.39, 0.29) is 11.5 Å². The maximum Gasteiger partial charge on any atom is 0.119 e. The summed E-state index contributed by atoms with van der Waals surface area (Å²) in [5, 5.41) is 6.85. The Hall–Kier alpha value is -1.39. The van der Waals surface area contributed by atoms with Gasteiger partial charge in [-0.15, -0.1) is 11.3 Å². The molecule has 1 aromatic heterocycles. The maximum atomic E-state index is 5.27. The fourth-order valence-corrected chi connectivity index (χ4v) is 2.93. The highest BCUT2D eigenvalue weighted by atomic mass is 32.1. The van der Waals surface area contributed by atoms with Crippen LogP contribution < -0.4 is 10.1 Å². The van der Waals surface area contributed by atoms with Crippen LogP contribution in [0.3, 0.4) is 0 Å². The largest absolute Gasteiger partial charge is 0.497 e. The molecule has 0 unspecified atom stereocenters. The van der Waals surface area contributed by atoms with Gasteiger partial charge in [0.25, 0.3) is 0 Å². The van der Waals surface area contributed by atoms with Crippen LogP contribution in [-0.2, 0) is 12.0 Å². The van der Waals surface area contributed by atoms with E-state index in [0.29, 0.717) is 0 Å². The summed E-state index contributed by atoms with van der Waals surface area (Å²) < 4.78 is 5.27. The van der Waals surface area contributed by atoms with Crippen LogP contribution in [0.15, 0.2) is 29.6 Å². The number of hydrogen-bond donors (Lipinski definition) is 1. The third kappa shape index (κ3) is 4.29. The molecule has 1 atom stereocenters. The third-order valence-electron chi connectivity index (χ3n) is 3.38. The zero-order chi connectivity index (χ0) is 15.5. The third-order valence-corrected chi connectivity index (χ3v) is 4.69. The van der Waals surface area contributed by atoms with Gasteiger partial charge in [0.15, 0.2) is 0 Å². The van der Waals surface area contributed by atoms with E-state index in [0.717, 1.165) is 18.0 Å².